The average Bonchev–Trinajstić information content (AvgIpc) is 2.42. The van der Waals surface area contributed by atoms with Crippen LogP contribution in [-0.2, 0) is 11.3 Å². The first kappa shape index (κ1) is 17.0. The number of hydrogen-bond donors (Lipinski definition) is 2. The molecule has 4 nitrogen and oxygen atoms in total. The van der Waals surface area contributed by atoms with Gasteiger partial charge in [-0.05, 0) is 41.9 Å². The molecular weight excluding hydrogens is 320 g/mol. The Bertz CT molecular complexity index is 424. The zero-order valence-corrected chi connectivity index (χ0v) is 13.8. The average molecular weight is 343 g/mol. The Labute approximate surface area is 129 Å². The third-order valence-electron chi connectivity index (χ3n) is 2.74. The van der Waals surface area contributed by atoms with Gasteiger partial charge < -0.3 is 15.4 Å². The van der Waals surface area contributed by atoms with Crippen LogP contribution in [0.25, 0.3) is 0 Å². The highest BCUT2D eigenvalue weighted by molar-refractivity contribution is 9.10. The summed E-state index contributed by atoms with van der Waals surface area (Å²) in [5.41, 5.74) is 1.10. The van der Waals surface area contributed by atoms with Crippen LogP contribution in [0.3, 0.4) is 0 Å². The summed E-state index contributed by atoms with van der Waals surface area (Å²) in [6.07, 6.45) is 1.47. The molecule has 5 heteroatoms. The van der Waals surface area contributed by atoms with Crippen LogP contribution in [0.15, 0.2) is 22.7 Å². The molecule has 0 aromatic heterocycles. The lowest BCUT2D eigenvalue weighted by molar-refractivity contribution is -0.121. The highest BCUT2D eigenvalue weighted by Crippen LogP contribution is 2.29. The number of para-hydroxylation sites is 1. The Morgan fingerprint density at radius 1 is 1.35 bits per heavy atom. The van der Waals surface area contributed by atoms with Crippen LogP contribution in [-0.4, -0.2) is 25.6 Å². The fraction of sp³-hybridized carbons (Fsp3) is 0.533. The summed E-state index contributed by atoms with van der Waals surface area (Å²) in [4.78, 5) is 11.4. The van der Waals surface area contributed by atoms with Crippen molar-refractivity contribution >= 4 is 21.8 Å². The molecule has 0 heterocycles. The first-order chi connectivity index (χ1) is 9.69. The molecule has 1 rings (SSSR count). The Morgan fingerprint density at radius 3 is 2.85 bits per heavy atom. The number of ether oxygens (including phenoxy) is 1. The van der Waals surface area contributed by atoms with Crippen molar-refractivity contribution in [3.63, 3.8) is 0 Å². The fourth-order valence-electron chi connectivity index (χ4n) is 1.79. The maximum absolute atomic E-state index is 11.4. The van der Waals surface area contributed by atoms with Crippen LogP contribution in [0.1, 0.15) is 32.3 Å². The third kappa shape index (κ3) is 5.92. The molecule has 2 N–H and O–H groups in total. The van der Waals surface area contributed by atoms with E-state index in [1.165, 1.54) is 0 Å². The van der Waals surface area contributed by atoms with Crippen molar-refractivity contribution in [2.45, 2.75) is 33.2 Å². The Balaban J connectivity index is 2.56. The summed E-state index contributed by atoms with van der Waals surface area (Å²) >= 11 is 3.50. The van der Waals surface area contributed by atoms with Crippen molar-refractivity contribution in [2.24, 2.45) is 0 Å². The molecule has 0 aliphatic carbocycles. The number of carbonyl (C=O) groups excluding carboxylic acids is 1. The van der Waals surface area contributed by atoms with Gasteiger partial charge in [-0.3, -0.25) is 4.79 Å². The van der Waals surface area contributed by atoms with Crippen LogP contribution >= 0.6 is 15.9 Å². The van der Waals surface area contributed by atoms with Gasteiger partial charge >= 0.3 is 0 Å². The molecule has 0 radical (unpaired) electrons. The monoisotopic (exact) mass is 342 g/mol. The van der Waals surface area contributed by atoms with Gasteiger partial charge in [0.1, 0.15) is 5.75 Å². The lowest BCUT2D eigenvalue weighted by Gasteiger charge is -2.13. The summed E-state index contributed by atoms with van der Waals surface area (Å²) < 4.78 is 6.69. The molecule has 0 aliphatic heterocycles. The number of amides is 1. The molecule has 0 unspecified atom stereocenters. The lowest BCUT2D eigenvalue weighted by Crippen LogP contribution is -2.24. The molecule has 0 aliphatic rings. The second-order valence-electron chi connectivity index (χ2n) is 4.46. The highest BCUT2D eigenvalue weighted by atomic mass is 79.9. The van der Waals surface area contributed by atoms with Gasteiger partial charge in [0.05, 0.1) is 17.5 Å². The van der Waals surface area contributed by atoms with Gasteiger partial charge in [-0.1, -0.05) is 19.1 Å². The molecule has 0 bridgehead atoms. The quantitative estimate of drug-likeness (QED) is 0.678. The molecule has 20 heavy (non-hydrogen) atoms. The summed E-state index contributed by atoms with van der Waals surface area (Å²) in [6, 6.07) is 5.98. The number of rotatable bonds is 9. The predicted octanol–water partition coefficient (Wildman–Crippen LogP) is 2.85. The summed E-state index contributed by atoms with van der Waals surface area (Å²) in [7, 11) is 0. The predicted molar refractivity (Wildman–Crippen MR) is 84.9 cm³/mol. The second-order valence-corrected chi connectivity index (χ2v) is 5.31. The van der Waals surface area contributed by atoms with E-state index in [1.54, 1.807) is 0 Å². The number of benzene rings is 1. The van der Waals surface area contributed by atoms with Gasteiger partial charge in [0.2, 0.25) is 5.91 Å². The first-order valence-corrected chi connectivity index (χ1v) is 7.85. The van der Waals surface area contributed by atoms with Gasteiger partial charge in [-0.2, -0.15) is 0 Å². The first-order valence-electron chi connectivity index (χ1n) is 7.06. The zero-order valence-electron chi connectivity index (χ0n) is 12.2. The Hall–Kier alpha value is -1.07. The van der Waals surface area contributed by atoms with E-state index in [0.29, 0.717) is 19.6 Å². The molecule has 0 fully saturated rings. The number of halogens is 1. The van der Waals surface area contributed by atoms with E-state index < -0.39 is 0 Å². The van der Waals surface area contributed by atoms with Crippen molar-refractivity contribution in [3.8, 4) is 5.75 Å². The van der Waals surface area contributed by atoms with E-state index in [1.807, 2.05) is 25.1 Å². The topological polar surface area (TPSA) is 50.4 Å². The van der Waals surface area contributed by atoms with E-state index in [4.69, 9.17) is 4.74 Å². The molecule has 0 saturated carbocycles. The van der Waals surface area contributed by atoms with E-state index in [9.17, 15) is 4.79 Å². The smallest absolute Gasteiger partial charge is 0.223 e. The van der Waals surface area contributed by atoms with Crippen molar-refractivity contribution in [1.82, 2.24) is 10.6 Å². The highest BCUT2D eigenvalue weighted by Gasteiger charge is 2.09. The molecule has 112 valence electrons. The van der Waals surface area contributed by atoms with Crippen molar-refractivity contribution in [1.29, 1.82) is 0 Å². The minimum atomic E-state index is 0.0187. The third-order valence-corrected chi connectivity index (χ3v) is 3.36. The number of nitrogens with one attached hydrogen (secondary N) is 2. The van der Waals surface area contributed by atoms with Crippen molar-refractivity contribution in [2.75, 3.05) is 19.7 Å². The molecule has 1 aromatic rings. The number of carbonyl (C=O) groups is 1. The Morgan fingerprint density at radius 2 is 2.15 bits per heavy atom. The van der Waals surface area contributed by atoms with Gasteiger partial charge in [0.25, 0.3) is 0 Å². The molecule has 0 saturated heterocycles. The Kier molecular flexibility index (Phi) is 8.30. The molecule has 0 atom stereocenters. The summed E-state index contributed by atoms with van der Waals surface area (Å²) in [5, 5.41) is 6.12. The van der Waals surface area contributed by atoms with E-state index in [0.717, 1.165) is 35.3 Å². The van der Waals surface area contributed by atoms with Gasteiger partial charge in [-0.15, -0.1) is 0 Å². The molecular formula is C15H23BrN2O2. The van der Waals surface area contributed by atoms with E-state index in [-0.39, 0.29) is 5.91 Å². The van der Waals surface area contributed by atoms with Crippen molar-refractivity contribution in [3.05, 3.63) is 28.2 Å². The van der Waals surface area contributed by atoms with Crippen LogP contribution < -0.4 is 15.4 Å². The maximum Gasteiger partial charge on any atom is 0.223 e. The van der Waals surface area contributed by atoms with Gasteiger partial charge in [0.15, 0.2) is 0 Å². The SMILES string of the molecule is CCCNCc1cccc(Br)c1OCCC(=O)NCC. The van der Waals surface area contributed by atoms with Gasteiger partial charge in [0, 0.05) is 18.7 Å². The maximum atomic E-state index is 11.4. The van der Waals surface area contributed by atoms with E-state index >= 15 is 0 Å². The molecule has 1 amide bonds. The normalized spacial score (nSPS) is 10.3. The van der Waals surface area contributed by atoms with Crippen LogP contribution in [0.5, 0.6) is 5.75 Å². The summed E-state index contributed by atoms with van der Waals surface area (Å²) in [6.45, 7) is 6.83. The van der Waals surface area contributed by atoms with E-state index in [2.05, 4.69) is 33.5 Å². The largest absolute Gasteiger partial charge is 0.492 e. The van der Waals surface area contributed by atoms with Crippen LogP contribution in [0.2, 0.25) is 0 Å². The minimum absolute atomic E-state index is 0.0187. The van der Waals surface area contributed by atoms with Crippen molar-refractivity contribution < 1.29 is 9.53 Å². The molecule has 1 aromatic carbocycles. The van der Waals surface area contributed by atoms with Gasteiger partial charge in [-0.25, -0.2) is 0 Å². The lowest BCUT2D eigenvalue weighted by atomic mass is 10.2. The molecule has 0 spiro atoms. The standard InChI is InChI=1S/C15H23BrN2O2/c1-3-9-17-11-12-6-5-7-13(16)15(12)20-10-8-14(19)18-4-2/h5-7,17H,3-4,8-11H2,1-2H3,(H,18,19). The van der Waals surface area contributed by atoms with Crippen LogP contribution in [0.4, 0.5) is 0 Å². The number of hydrogen-bond acceptors (Lipinski definition) is 3. The zero-order chi connectivity index (χ0) is 14.8. The van der Waals surface area contributed by atoms with Crippen LogP contribution in [0, 0.1) is 0 Å². The minimum Gasteiger partial charge on any atom is -0.492 e. The fourth-order valence-corrected chi connectivity index (χ4v) is 2.31. The summed E-state index contributed by atoms with van der Waals surface area (Å²) in [5.74, 6) is 0.839. The second kappa shape index (κ2) is 9.77.